The molecule has 2 bridgehead atoms. The third-order valence-corrected chi connectivity index (χ3v) is 4.00. The minimum absolute atomic E-state index is 0.358. The third-order valence-electron chi connectivity index (χ3n) is 4.00. The Hall–Kier alpha value is -1.16. The topological polar surface area (TPSA) is 47.0 Å². The van der Waals surface area contributed by atoms with Crippen molar-refractivity contribution in [2.24, 2.45) is 0 Å². The van der Waals surface area contributed by atoms with Crippen molar-refractivity contribution in [3.63, 3.8) is 0 Å². The van der Waals surface area contributed by atoms with Gasteiger partial charge in [0, 0.05) is 24.7 Å². The van der Waals surface area contributed by atoms with Crippen LogP contribution in [-0.2, 0) is 11.2 Å². The van der Waals surface area contributed by atoms with Gasteiger partial charge in [-0.25, -0.2) is 9.97 Å². The summed E-state index contributed by atoms with van der Waals surface area (Å²) >= 11 is 0. The zero-order valence-electron chi connectivity index (χ0n) is 11.1. The Morgan fingerprint density at radius 3 is 2.89 bits per heavy atom. The van der Waals surface area contributed by atoms with Gasteiger partial charge >= 0.3 is 0 Å². The summed E-state index contributed by atoms with van der Waals surface area (Å²) < 4.78 is 5.91. The van der Waals surface area contributed by atoms with Crippen molar-refractivity contribution in [1.29, 1.82) is 0 Å². The maximum absolute atomic E-state index is 5.91. The molecule has 2 aliphatic rings. The van der Waals surface area contributed by atoms with Gasteiger partial charge in [0.15, 0.2) is 0 Å². The third kappa shape index (κ3) is 2.09. The quantitative estimate of drug-likeness (QED) is 0.888. The number of nitrogens with zero attached hydrogens (tertiary/aromatic N) is 2. The van der Waals surface area contributed by atoms with Crippen LogP contribution in [0.15, 0.2) is 6.07 Å². The maximum atomic E-state index is 5.91. The number of aryl methyl sites for hydroxylation is 1. The molecular formula is C14H21N3O. The fourth-order valence-corrected chi connectivity index (χ4v) is 3.11. The smallest absolute Gasteiger partial charge is 0.136 e. The summed E-state index contributed by atoms with van der Waals surface area (Å²) in [5.41, 5.74) is 1.15. The van der Waals surface area contributed by atoms with Crippen LogP contribution < -0.4 is 5.32 Å². The Morgan fingerprint density at radius 1 is 1.39 bits per heavy atom. The average Bonchev–Trinajstić information content (AvgIpc) is 3.01. The number of hydrogen-bond donors (Lipinski definition) is 1. The molecule has 4 nitrogen and oxygen atoms in total. The highest BCUT2D eigenvalue weighted by atomic mass is 16.5. The molecule has 0 aromatic carbocycles. The van der Waals surface area contributed by atoms with Crippen LogP contribution in [0.5, 0.6) is 0 Å². The van der Waals surface area contributed by atoms with E-state index in [-0.39, 0.29) is 0 Å². The molecule has 1 aromatic heterocycles. The van der Waals surface area contributed by atoms with Crippen LogP contribution in [0.3, 0.4) is 0 Å². The van der Waals surface area contributed by atoms with Gasteiger partial charge in [-0.3, -0.25) is 0 Å². The highest BCUT2D eigenvalue weighted by molar-refractivity contribution is 5.36. The molecule has 2 aliphatic heterocycles. The second-order valence-electron chi connectivity index (χ2n) is 5.32. The minimum atomic E-state index is 0.358. The Balaban J connectivity index is 1.88. The van der Waals surface area contributed by atoms with Gasteiger partial charge in [-0.05, 0) is 25.7 Å². The summed E-state index contributed by atoms with van der Waals surface area (Å²) in [6.45, 7) is 2.18. The van der Waals surface area contributed by atoms with E-state index in [0.717, 1.165) is 36.6 Å². The molecule has 1 aromatic rings. The molecule has 0 radical (unpaired) electrons. The largest absolute Gasteiger partial charge is 0.374 e. The van der Waals surface area contributed by atoms with Crippen LogP contribution in [0, 0.1) is 0 Å². The Bertz CT molecular complexity index is 435. The van der Waals surface area contributed by atoms with Gasteiger partial charge in [0.05, 0.1) is 12.2 Å². The lowest BCUT2D eigenvalue weighted by molar-refractivity contribution is 0.0998. The summed E-state index contributed by atoms with van der Waals surface area (Å²) in [5.74, 6) is 2.33. The minimum Gasteiger partial charge on any atom is -0.374 e. The fraction of sp³-hybridized carbons (Fsp3) is 0.714. The number of ether oxygens (including phenoxy) is 1. The van der Waals surface area contributed by atoms with Crippen LogP contribution in [0.2, 0.25) is 0 Å². The van der Waals surface area contributed by atoms with E-state index in [1.165, 1.54) is 12.8 Å². The number of hydrogen-bond acceptors (Lipinski definition) is 4. The summed E-state index contributed by atoms with van der Waals surface area (Å²) in [7, 11) is 1.92. The first-order valence-electron chi connectivity index (χ1n) is 7.01. The van der Waals surface area contributed by atoms with Crippen LogP contribution >= 0.6 is 0 Å². The van der Waals surface area contributed by atoms with Gasteiger partial charge in [0.2, 0.25) is 0 Å². The molecule has 98 valence electrons. The number of fused-ring (bicyclic) bond motifs is 2. The van der Waals surface area contributed by atoms with Crippen LogP contribution in [0.1, 0.15) is 50.0 Å². The van der Waals surface area contributed by atoms with Gasteiger partial charge in [-0.1, -0.05) is 13.3 Å². The van der Waals surface area contributed by atoms with Crippen LogP contribution in [0.25, 0.3) is 0 Å². The molecule has 1 N–H and O–H groups in total. The zero-order valence-corrected chi connectivity index (χ0v) is 11.1. The fourth-order valence-electron chi connectivity index (χ4n) is 3.11. The number of anilines is 1. The predicted octanol–water partition coefficient (Wildman–Crippen LogP) is 2.51. The van der Waals surface area contributed by atoms with Crippen LogP contribution in [0.4, 0.5) is 5.82 Å². The van der Waals surface area contributed by atoms with Crippen molar-refractivity contribution in [3.05, 3.63) is 17.6 Å². The van der Waals surface area contributed by atoms with Crippen molar-refractivity contribution < 1.29 is 4.74 Å². The SMILES string of the molecule is CCCc1cc(NC)nc(C2CC3CCC2O3)n1. The molecule has 18 heavy (non-hydrogen) atoms. The van der Waals surface area contributed by atoms with Gasteiger partial charge in [0.1, 0.15) is 11.6 Å². The summed E-state index contributed by atoms with van der Waals surface area (Å²) in [4.78, 5) is 9.37. The van der Waals surface area contributed by atoms with Crippen molar-refractivity contribution in [1.82, 2.24) is 9.97 Å². The first kappa shape index (κ1) is 11.9. The summed E-state index contributed by atoms with van der Waals surface area (Å²) in [5, 5.41) is 3.14. The van der Waals surface area contributed by atoms with Gasteiger partial charge in [0.25, 0.3) is 0 Å². The highest BCUT2D eigenvalue weighted by Crippen LogP contribution is 2.43. The van der Waals surface area contributed by atoms with Crippen molar-refractivity contribution in [2.45, 2.75) is 57.2 Å². The molecule has 3 unspecified atom stereocenters. The molecule has 3 heterocycles. The second-order valence-corrected chi connectivity index (χ2v) is 5.32. The Labute approximate surface area is 108 Å². The van der Waals surface area contributed by atoms with Gasteiger partial charge < -0.3 is 10.1 Å². The summed E-state index contributed by atoms with van der Waals surface area (Å²) in [6, 6.07) is 2.06. The highest BCUT2D eigenvalue weighted by Gasteiger charge is 2.43. The second kappa shape index (κ2) is 4.84. The van der Waals surface area contributed by atoms with E-state index in [1.807, 2.05) is 7.05 Å². The normalized spacial score (nSPS) is 29.8. The molecule has 0 aliphatic carbocycles. The van der Waals surface area contributed by atoms with Crippen molar-refractivity contribution >= 4 is 5.82 Å². The standard InChI is InChI=1S/C14H21N3O/c1-3-4-9-7-13(15-2)17-14(16-9)11-8-10-5-6-12(11)18-10/h7,10-12H,3-6,8H2,1-2H3,(H,15,16,17). The van der Waals surface area contributed by atoms with E-state index in [9.17, 15) is 0 Å². The molecule has 4 heteroatoms. The van der Waals surface area contributed by atoms with E-state index in [2.05, 4.69) is 23.3 Å². The first-order valence-corrected chi connectivity index (χ1v) is 7.01. The van der Waals surface area contributed by atoms with E-state index >= 15 is 0 Å². The Kier molecular flexibility index (Phi) is 3.20. The first-order chi connectivity index (χ1) is 8.80. The lowest BCUT2D eigenvalue weighted by atomic mass is 9.88. The van der Waals surface area contributed by atoms with E-state index in [4.69, 9.17) is 9.72 Å². The van der Waals surface area contributed by atoms with Gasteiger partial charge in [-0.2, -0.15) is 0 Å². The summed E-state index contributed by atoms with van der Waals surface area (Å²) in [6.07, 6.45) is 6.44. The lowest BCUT2D eigenvalue weighted by Gasteiger charge is -2.18. The van der Waals surface area contributed by atoms with Crippen LogP contribution in [-0.4, -0.2) is 29.2 Å². The number of aromatic nitrogens is 2. The van der Waals surface area contributed by atoms with Crippen molar-refractivity contribution in [2.75, 3.05) is 12.4 Å². The monoisotopic (exact) mass is 247 g/mol. The van der Waals surface area contributed by atoms with E-state index in [0.29, 0.717) is 18.1 Å². The number of nitrogens with one attached hydrogen (secondary N) is 1. The maximum Gasteiger partial charge on any atom is 0.136 e. The Morgan fingerprint density at radius 2 is 2.28 bits per heavy atom. The molecular weight excluding hydrogens is 226 g/mol. The molecule has 0 spiro atoms. The van der Waals surface area contributed by atoms with E-state index in [1.54, 1.807) is 0 Å². The average molecular weight is 247 g/mol. The molecule has 3 atom stereocenters. The zero-order chi connectivity index (χ0) is 12.5. The van der Waals surface area contributed by atoms with E-state index < -0.39 is 0 Å². The lowest BCUT2D eigenvalue weighted by Crippen LogP contribution is -2.18. The molecule has 3 rings (SSSR count). The molecule has 2 saturated heterocycles. The number of rotatable bonds is 4. The molecule has 2 fully saturated rings. The van der Waals surface area contributed by atoms with Crippen molar-refractivity contribution in [3.8, 4) is 0 Å². The van der Waals surface area contributed by atoms with Gasteiger partial charge in [-0.15, -0.1) is 0 Å². The predicted molar refractivity (Wildman–Crippen MR) is 70.8 cm³/mol. The molecule has 0 saturated carbocycles. The molecule has 0 amide bonds.